The van der Waals surface area contributed by atoms with E-state index in [2.05, 4.69) is 0 Å². The maximum absolute atomic E-state index is 12.8. The predicted octanol–water partition coefficient (Wildman–Crippen LogP) is 3.09. The van der Waals surface area contributed by atoms with Gasteiger partial charge in [0.15, 0.2) is 0 Å². The van der Waals surface area contributed by atoms with E-state index in [1.165, 1.54) is 4.90 Å². The van der Waals surface area contributed by atoms with E-state index in [-0.39, 0.29) is 24.4 Å². The van der Waals surface area contributed by atoms with Gasteiger partial charge in [-0.25, -0.2) is 0 Å². The van der Waals surface area contributed by atoms with Gasteiger partial charge in [0.1, 0.15) is 6.54 Å². The second-order valence-corrected chi connectivity index (χ2v) is 6.34. The van der Waals surface area contributed by atoms with Crippen molar-refractivity contribution in [2.45, 2.75) is 13.0 Å². The van der Waals surface area contributed by atoms with Crippen LogP contribution in [0, 0.1) is 11.3 Å². The highest BCUT2D eigenvalue weighted by molar-refractivity contribution is 6.33. The van der Waals surface area contributed by atoms with Crippen LogP contribution in [0.1, 0.15) is 22.8 Å². The molecule has 3 rings (SSSR count). The van der Waals surface area contributed by atoms with E-state index in [0.717, 1.165) is 0 Å². The number of halogens is 1. The summed E-state index contributed by atoms with van der Waals surface area (Å²) in [5, 5.41) is 9.49. The fraction of sp³-hybridized carbons (Fsp3) is 0.211. The summed E-state index contributed by atoms with van der Waals surface area (Å²) in [4.78, 5) is 28.5. The van der Waals surface area contributed by atoms with Crippen LogP contribution in [0.4, 0.5) is 5.69 Å². The molecule has 1 aliphatic heterocycles. The zero-order valence-corrected chi connectivity index (χ0v) is 14.4. The Balaban J connectivity index is 1.83. The summed E-state index contributed by atoms with van der Waals surface area (Å²) in [5.41, 5.74) is 1.48. The fourth-order valence-corrected chi connectivity index (χ4v) is 3.15. The maximum atomic E-state index is 12.8. The molecule has 0 aromatic heterocycles. The molecule has 0 aliphatic carbocycles. The number of anilines is 1. The monoisotopic (exact) mass is 353 g/mol. The van der Waals surface area contributed by atoms with E-state index in [1.807, 2.05) is 25.1 Å². The van der Waals surface area contributed by atoms with E-state index in [4.69, 9.17) is 16.9 Å². The summed E-state index contributed by atoms with van der Waals surface area (Å²) in [7, 11) is 0. The normalized spacial score (nSPS) is 17.3. The van der Waals surface area contributed by atoms with Crippen LogP contribution in [-0.4, -0.2) is 35.8 Å². The third-order valence-corrected chi connectivity index (χ3v) is 4.55. The van der Waals surface area contributed by atoms with Crippen LogP contribution in [0.15, 0.2) is 48.5 Å². The van der Waals surface area contributed by atoms with E-state index < -0.39 is 0 Å². The minimum absolute atomic E-state index is 0.0258. The van der Waals surface area contributed by atoms with Crippen molar-refractivity contribution in [3.63, 3.8) is 0 Å². The number of para-hydroxylation sites is 1. The zero-order chi connectivity index (χ0) is 18.0. The Bertz CT molecular complexity index is 875. The lowest BCUT2D eigenvalue weighted by atomic mass is 10.1. The summed E-state index contributed by atoms with van der Waals surface area (Å²) < 4.78 is 0. The molecule has 0 unspecified atom stereocenters. The minimum Gasteiger partial charge on any atom is -0.325 e. The molecule has 5 nitrogen and oxygen atoms in total. The van der Waals surface area contributed by atoms with Crippen molar-refractivity contribution in [1.29, 1.82) is 5.26 Å². The number of rotatable bonds is 2. The highest BCUT2D eigenvalue weighted by Gasteiger charge is 2.34. The number of carbonyl (C=O) groups excluding carboxylic acids is 2. The molecule has 2 aromatic rings. The zero-order valence-electron chi connectivity index (χ0n) is 13.6. The molecule has 2 amide bonds. The summed E-state index contributed by atoms with van der Waals surface area (Å²) in [5.74, 6) is -0.437. The molecular weight excluding hydrogens is 338 g/mol. The summed E-state index contributed by atoms with van der Waals surface area (Å²) >= 11 is 6.19. The smallest absolute Gasteiger partial charge is 0.254 e. The average molecular weight is 354 g/mol. The van der Waals surface area contributed by atoms with Gasteiger partial charge in [-0.3, -0.25) is 9.59 Å². The Morgan fingerprint density at radius 1 is 1.24 bits per heavy atom. The van der Waals surface area contributed by atoms with Crippen LogP contribution in [0.5, 0.6) is 0 Å². The van der Waals surface area contributed by atoms with Crippen LogP contribution in [-0.2, 0) is 4.79 Å². The molecule has 1 heterocycles. The molecule has 0 N–H and O–H groups in total. The second kappa shape index (κ2) is 6.96. The number of nitrogens with zero attached hydrogens (tertiary/aromatic N) is 3. The lowest BCUT2D eigenvalue weighted by Gasteiger charge is -2.39. The van der Waals surface area contributed by atoms with Gasteiger partial charge in [-0.15, -0.1) is 0 Å². The van der Waals surface area contributed by atoms with E-state index in [1.54, 1.807) is 41.3 Å². The van der Waals surface area contributed by atoms with Gasteiger partial charge in [-0.2, -0.15) is 5.26 Å². The topological polar surface area (TPSA) is 64.4 Å². The number of benzene rings is 2. The van der Waals surface area contributed by atoms with E-state index in [9.17, 15) is 9.59 Å². The van der Waals surface area contributed by atoms with Gasteiger partial charge in [0.2, 0.25) is 5.91 Å². The molecule has 0 saturated carbocycles. The van der Waals surface area contributed by atoms with E-state index >= 15 is 0 Å². The molecule has 1 saturated heterocycles. The van der Waals surface area contributed by atoms with Crippen molar-refractivity contribution in [3.8, 4) is 6.07 Å². The number of piperazine rings is 1. The standard InChI is InChI=1S/C19H16ClN3O2/c1-13-11-23(17-8-3-2-7-16(17)20)18(24)12-22(13)19(25)15-6-4-5-14(9-15)10-21/h2-9,13H,11-12H2,1H3/t13-/m1/s1. The first-order valence-corrected chi connectivity index (χ1v) is 8.25. The third-order valence-electron chi connectivity index (χ3n) is 4.23. The molecule has 0 radical (unpaired) electrons. The van der Waals surface area contributed by atoms with Crippen LogP contribution < -0.4 is 4.90 Å². The van der Waals surface area contributed by atoms with Gasteiger partial charge in [-0.1, -0.05) is 29.8 Å². The van der Waals surface area contributed by atoms with Crippen molar-refractivity contribution in [2.24, 2.45) is 0 Å². The molecule has 126 valence electrons. The largest absolute Gasteiger partial charge is 0.325 e. The van der Waals surface area contributed by atoms with Crippen LogP contribution in [0.2, 0.25) is 5.02 Å². The van der Waals surface area contributed by atoms with Crippen LogP contribution in [0.3, 0.4) is 0 Å². The molecule has 1 atom stereocenters. The molecule has 0 bridgehead atoms. The van der Waals surface area contributed by atoms with E-state index in [0.29, 0.717) is 28.4 Å². The summed E-state index contributed by atoms with van der Waals surface area (Å²) in [6.45, 7) is 2.23. The first kappa shape index (κ1) is 17.0. The van der Waals surface area contributed by atoms with Crippen molar-refractivity contribution in [1.82, 2.24) is 4.90 Å². The highest BCUT2D eigenvalue weighted by atomic mass is 35.5. The van der Waals surface area contributed by atoms with Crippen LogP contribution >= 0.6 is 11.6 Å². The van der Waals surface area contributed by atoms with Gasteiger partial charge >= 0.3 is 0 Å². The maximum Gasteiger partial charge on any atom is 0.254 e. The molecule has 1 aliphatic rings. The lowest BCUT2D eigenvalue weighted by Crippen LogP contribution is -2.57. The van der Waals surface area contributed by atoms with Crippen molar-refractivity contribution >= 4 is 29.1 Å². The fourth-order valence-electron chi connectivity index (χ4n) is 2.91. The third kappa shape index (κ3) is 3.35. The summed E-state index contributed by atoms with van der Waals surface area (Å²) in [6, 6.07) is 15.5. The van der Waals surface area contributed by atoms with Gasteiger partial charge in [0, 0.05) is 18.2 Å². The van der Waals surface area contributed by atoms with Crippen molar-refractivity contribution in [2.75, 3.05) is 18.0 Å². The number of hydrogen-bond acceptors (Lipinski definition) is 3. The lowest BCUT2D eigenvalue weighted by molar-refractivity contribution is -0.121. The predicted molar refractivity (Wildman–Crippen MR) is 95.5 cm³/mol. The average Bonchev–Trinajstić information content (AvgIpc) is 2.63. The molecule has 6 heteroatoms. The Kier molecular flexibility index (Phi) is 4.73. The minimum atomic E-state index is -0.253. The second-order valence-electron chi connectivity index (χ2n) is 5.93. The molecular formula is C19H16ClN3O2. The van der Waals surface area contributed by atoms with Gasteiger partial charge in [-0.05, 0) is 37.3 Å². The number of amides is 2. The summed E-state index contributed by atoms with van der Waals surface area (Å²) in [6.07, 6.45) is 0. The Labute approximate surface area is 151 Å². The Morgan fingerprint density at radius 3 is 2.72 bits per heavy atom. The number of carbonyl (C=O) groups is 2. The van der Waals surface area contributed by atoms with Gasteiger partial charge in [0.25, 0.3) is 5.91 Å². The molecule has 2 aromatic carbocycles. The Hall–Kier alpha value is -2.84. The van der Waals surface area contributed by atoms with Crippen molar-refractivity contribution < 1.29 is 9.59 Å². The van der Waals surface area contributed by atoms with Crippen LogP contribution in [0.25, 0.3) is 0 Å². The molecule has 0 spiro atoms. The SMILES string of the molecule is C[C@@H]1CN(c2ccccc2Cl)C(=O)CN1C(=O)c1cccc(C#N)c1. The molecule has 25 heavy (non-hydrogen) atoms. The number of hydrogen-bond donors (Lipinski definition) is 0. The first-order chi connectivity index (χ1) is 12.0. The van der Waals surface area contributed by atoms with Gasteiger partial charge < -0.3 is 9.80 Å². The first-order valence-electron chi connectivity index (χ1n) is 7.87. The van der Waals surface area contributed by atoms with Gasteiger partial charge in [0.05, 0.1) is 22.3 Å². The van der Waals surface area contributed by atoms with Crippen molar-refractivity contribution in [3.05, 3.63) is 64.7 Å². The quantitative estimate of drug-likeness (QED) is 0.833. The number of nitriles is 1. The molecule has 1 fully saturated rings. The highest BCUT2D eigenvalue weighted by Crippen LogP contribution is 2.28. The Morgan fingerprint density at radius 2 is 2.00 bits per heavy atom.